The Bertz CT molecular complexity index is 2100. The van der Waals surface area contributed by atoms with Gasteiger partial charge in [0, 0.05) is 60.7 Å². The molecule has 2 fully saturated rings. The first-order valence-corrected chi connectivity index (χ1v) is 17.0. The second kappa shape index (κ2) is 14.8. The van der Waals surface area contributed by atoms with E-state index in [-0.39, 0.29) is 29.3 Å². The molecule has 13 heteroatoms. The number of amides is 1. The van der Waals surface area contributed by atoms with Crippen LogP contribution in [0.25, 0.3) is 0 Å². The van der Waals surface area contributed by atoms with Gasteiger partial charge in [-0.2, -0.15) is 10.4 Å². The molecule has 2 saturated heterocycles. The summed E-state index contributed by atoms with van der Waals surface area (Å²) in [4.78, 5) is 21.3. The molecule has 0 saturated carbocycles. The van der Waals surface area contributed by atoms with E-state index in [0.717, 1.165) is 61.0 Å². The lowest BCUT2D eigenvalue weighted by atomic mass is 9.87. The van der Waals surface area contributed by atoms with E-state index in [0.29, 0.717) is 25.2 Å². The number of rotatable bonds is 10. The number of aromatic nitrogens is 3. The summed E-state index contributed by atoms with van der Waals surface area (Å²) in [6.07, 6.45) is 3.42. The zero-order valence-electron chi connectivity index (χ0n) is 28.4. The van der Waals surface area contributed by atoms with Crippen molar-refractivity contribution in [3.63, 3.8) is 0 Å². The van der Waals surface area contributed by atoms with Crippen molar-refractivity contribution in [1.82, 2.24) is 14.8 Å². The minimum Gasteiger partial charge on any atom is -0.493 e. The quantitative estimate of drug-likeness (QED) is 0.176. The van der Waals surface area contributed by atoms with Crippen molar-refractivity contribution >= 4 is 23.0 Å². The molecule has 266 valence electrons. The lowest BCUT2D eigenvalue weighted by molar-refractivity contribution is -0.0206. The maximum atomic E-state index is 15.0. The third-order valence-electron chi connectivity index (χ3n) is 9.64. The number of hydrogen-bond acceptors (Lipinski definition) is 8. The predicted molar refractivity (Wildman–Crippen MR) is 189 cm³/mol. The highest BCUT2D eigenvalue weighted by Crippen LogP contribution is 2.42. The van der Waals surface area contributed by atoms with E-state index in [1.165, 1.54) is 30.6 Å². The van der Waals surface area contributed by atoms with Crippen molar-refractivity contribution in [2.75, 3.05) is 54.5 Å². The number of carbonyl (C=O) groups excluding carboxylic acids is 1. The summed E-state index contributed by atoms with van der Waals surface area (Å²) in [7, 11) is 0. The van der Waals surface area contributed by atoms with Crippen molar-refractivity contribution in [2.24, 2.45) is 5.92 Å². The Labute approximate surface area is 299 Å². The number of ether oxygens (including phenoxy) is 2. The Morgan fingerprint density at radius 3 is 2.38 bits per heavy atom. The minimum absolute atomic E-state index is 0.0188. The molecule has 1 amide bonds. The Kier molecular flexibility index (Phi) is 9.82. The zero-order valence-corrected chi connectivity index (χ0v) is 28.4. The lowest BCUT2D eigenvalue weighted by Crippen LogP contribution is -2.46. The fourth-order valence-corrected chi connectivity index (χ4v) is 6.91. The van der Waals surface area contributed by atoms with Crippen LogP contribution in [0, 0.1) is 41.6 Å². The van der Waals surface area contributed by atoms with Gasteiger partial charge in [0.2, 0.25) is 0 Å². The third-order valence-corrected chi connectivity index (χ3v) is 9.64. The summed E-state index contributed by atoms with van der Waals surface area (Å²) in [5.74, 6) is -1.68. The van der Waals surface area contributed by atoms with Gasteiger partial charge in [-0.1, -0.05) is 6.07 Å². The molecule has 10 nitrogen and oxygen atoms in total. The standard InChI is InChI=1S/C39H36F3N7O3/c1-26-16-32(48-14-12-47(13-15-48)31-6-3-29(4-7-31)38(50)46-36-10-2-27(20-43)17-35(36)42)8-11-37(26)51-21-28-19-39(52-22-28,23-49-25-44-24-45-49)33-9-5-30(40)18-34(33)41/h2-11,16-18,24-25,28H,12-15,19,21-23H2,1H3,(H,46,50)/t28-,39+/m1/s1. The fraction of sp³-hybridized carbons (Fsp3) is 0.282. The first-order valence-electron chi connectivity index (χ1n) is 17.0. The molecule has 5 aromatic rings. The highest BCUT2D eigenvalue weighted by atomic mass is 19.1. The summed E-state index contributed by atoms with van der Waals surface area (Å²) < 4.78 is 57.1. The molecule has 4 aromatic carbocycles. The Morgan fingerprint density at radius 1 is 0.962 bits per heavy atom. The first kappa shape index (κ1) is 34.6. The molecule has 3 heterocycles. The highest BCUT2D eigenvalue weighted by molar-refractivity contribution is 6.04. The van der Waals surface area contributed by atoms with E-state index in [1.54, 1.807) is 23.1 Å². The molecular weight excluding hydrogens is 671 g/mol. The van der Waals surface area contributed by atoms with Gasteiger partial charge in [0.15, 0.2) is 0 Å². The number of piperazine rings is 1. The van der Waals surface area contributed by atoms with Crippen LogP contribution in [0.2, 0.25) is 0 Å². The molecule has 0 aliphatic carbocycles. The van der Waals surface area contributed by atoms with Crippen LogP contribution < -0.4 is 19.9 Å². The van der Waals surface area contributed by atoms with Crippen LogP contribution in [0.3, 0.4) is 0 Å². The zero-order chi connectivity index (χ0) is 36.2. The van der Waals surface area contributed by atoms with Crippen LogP contribution in [-0.4, -0.2) is 60.1 Å². The molecule has 0 radical (unpaired) electrons. The van der Waals surface area contributed by atoms with Gasteiger partial charge >= 0.3 is 0 Å². The molecule has 1 aromatic heterocycles. The van der Waals surface area contributed by atoms with Crippen LogP contribution in [0.4, 0.5) is 30.2 Å². The van der Waals surface area contributed by atoms with Gasteiger partial charge in [0.05, 0.1) is 37.1 Å². The highest BCUT2D eigenvalue weighted by Gasteiger charge is 2.44. The van der Waals surface area contributed by atoms with Gasteiger partial charge in [-0.15, -0.1) is 0 Å². The molecule has 0 spiro atoms. The maximum absolute atomic E-state index is 15.0. The van der Waals surface area contributed by atoms with Crippen LogP contribution >= 0.6 is 0 Å². The third kappa shape index (κ3) is 7.43. The number of nitrogens with one attached hydrogen (secondary N) is 1. The number of nitrogens with zero attached hydrogens (tertiary/aromatic N) is 6. The van der Waals surface area contributed by atoms with Crippen LogP contribution in [0.5, 0.6) is 5.75 Å². The van der Waals surface area contributed by atoms with Gasteiger partial charge in [-0.3, -0.25) is 4.79 Å². The molecular formula is C39H36F3N7O3. The van der Waals surface area contributed by atoms with Gasteiger partial charge in [0.1, 0.15) is 41.5 Å². The van der Waals surface area contributed by atoms with E-state index in [4.69, 9.17) is 14.7 Å². The van der Waals surface area contributed by atoms with Crippen molar-refractivity contribution in [2.45, 2.75) is 25.5 Å². The number of nitriles is 1. The normalized spacial score (nSPS) is 18.6. The second-order valence-electron chi connectivity index (χ2n) is 13.1. The lowest BCUT2D eigenvalue weighted by Gasteiger charge is -2.37. The van der Waals surface area contributed by atoms with Crippen molar-refractivity contribution in [3.8, 4) is 11.8 Å². The number of aryl methyl sites for hydroxylation is 1. The van der Waals surface area contributed by atoms with E-state index in [1.807, 2.05) is 31.2 Å². The molecule has 7 rings (SSSR count). The molecule has 52 heavy (non-hydrogen) atoms. The molecule has 1 N–H and O–H groups in total. The maximum Gasteiger partial charge on any atom is 0.255 e. The summed E-state index contributed by atoms with van der Waals surface area (Å²) in [5, 5.41) is 15.7. The molecule has 2 aliphatic rings. The van der Waals surface area contributed by atoms with Crippen LogP contribution in [0.1, 0.15) is 33.5 Å². The van der Waals surface area contributed by atoms with Crippen molar-refractivity contribution < 1.29 is 27.4 Å². The number of halogens is 3. The molecule has 0 bridgehead atoms. The topological polar surface area (TPSA) is 109 Å². The first-order chi connectivity index (χ1) is 25.2. The smallest absolute Gasteiger partial charge is 0.255 e. The van der Waals surface area contributed by atoms with E-state index in [2.05, 4.69) is 37.3 Å². The minimum atomic E-state index is -1.04. The Morgan fingerprint density at radius 2 is 1.71 bits per heavy atom. The fourth-order valence-electron chi connectivity index (χ4n) is 6.91. The van der Waals surface area contributed by atoms with Gasteiger partial charge in [-0.05, 0) is 85.6 Å². The summed E-state index contributed by atoms with van der Waals surface area (Å²) in [5.41, 5.74) is 2.92. The number of hydrogen-bond donors (Lipinski definition) is 1. The SMILES string of the molecule is Cc1cc(N2CCN(c3ccc(C(=O)Nc4ccc(C#N)cc4F)cc3)CC2)ccc1OC[C@@H]1CO[C@@](Cn2cncn2)(c2ccc(F)cc2F)C1. The predicted octanol–water partition coefficient (Wildman–Crippen LogP) is 6.47. The summed E-state index contributed by atoms with van der Waals surface area (Å²) in [6, 6.07) is 22.7. The van der Waals surface area contributed by atoms with E-state index < -0.39 is 29.0 Å². The monoisotopic (exact) mass is 707 g/mol. The van der Waals surface area contributed by atoms with Crippen molar-refractivity contribution in [1.29, 1.82) is 5.26 Å². The number of benzene rings is 4. The largest absolute Gasteiger partial charge is 0.493 e. The molecule has 2 aliphatic heterocycles. The average Bonchev–Trinajstić information content (AvgIpc) is 3.82. The van der Waals surface area contributed by atoms with Gasteiger partial charge in [-0.25, -0.2) is 22.8 Å². The molecule has 0 unspecified atom stereocenters. The Balaban J connectivity index is 0.924. The summed E-state index contributed by atoms with van der Waals surface area (Å²) >= 11 is 0. The van der Waals surface area contributed by atoms with Crippen molar-refractivity contribution in [3.05, 3.63) is 131 Å². The average molecular weight is 708 g/mol. The molecule has 2 atom stereocenters. The van der Waals surface area contributed by atoms with Crippen LogP contribution in [0.15, 0.2) is 91.5 Å². The van der Waals surface area contributed by atoms with E-state index >= 15 is 4.39 Å². The van der Waals surface area contributed by atoms with Gasteiger partial charge in [0.25, 0.3) is 5.91 Å². The summed E-state index contributed by atoms with van der Waals surface area (Å²) in [6.45, 7) is 6.13. The number of carbonyl (C=O) groups is 1. The van der Waals surface area contributed by atoms with Gasteiger partial charge < -0.3 is 24.6 Å². The van der Waals surface area contributed by atoms with E-state index in [9.17, 15) is 13.6 Å². The number of anilines is 3. The Hall–Kier alpha value is -5.87. The second-order valence-corrected chi connectivity index (χ2v) is 13.1. The van der Waals surface area contributed by atoms with Crippen LogP contribution in [-0.2, 0) is 16.9 Å².